The molecule has 2 amide bonds. The van der Waals surface area contributed by atoms with Crippen molar-refractivity contribution < 1.29 is 27.6 Å². The van der Waals surface area contributed by atoms with Gasteiger partial charge in [-0.3, -0.25) is 14.4 Å². The van der Waals surface area contributed by atoms with Crippen molar-refractivity contribution in [3.63, 3.8) is 0 Å². The molecule has 150 valence electrons. The fourth-order valence-electron chi connectivity index (χ4n) is 2.35. The van der Waals surface area contributed by atoms with Gasteiger partial charge < -0.3 is 15.2 Å². The second kappa shape index (κ2) is 7.87. The van der Waals surface area contributed by atoms with E-state index in [1.165, 1.54) is 42.1 Å². The lowest BCUT2D eigenvalue weighted by Crippen LogP contribution is -2.46. The van der Waals surface area contributed by atoms with Gasteiger partial charge in [-0.05, 0) is 43.7 Å². The quantitative estimate of drug-likeness (QED) is 0.583. The zero-order chi connectivity index (χ0) is 21.2. The van der Waals surface area contributed by atoms with E-state index >= 15 is 0 Å². The number of aromatic nitrogens is 1. The van der Waals surface area contributed by atoms with Crippen LogP contribution in [0.15, 0.2) is 30.5 Å². The molecule has 0 aliphatic carbocycles. The maximum absolute atomic E-state index is 13.3. The predicted octanol–water partition coefficient (Wildman–Crippen LogP) is 3.07. The molecule has 2 N–H and O–H groups in total. The van der Waals surface area contributed by atoms with Crippen molar-refractivity contribution in [2.24, 2.45) is 7.05 Å². The Morgan fingerprint density at radius 2 is 1.82 bits per heavy atom. The van der Waals surface area contributed by atoms with Gasteiger partial charge in [0.05, 0.1) is 6.04 Å². The molecule has 0 radical (unpaired) electrons. The molecule has 2 rings (SSSR count). The molecule has 0 saturated heterocycles. The summed E-state index contributed by atoms with van der Waals surface area (Å²) in [4.78, 5) is 36.5. The van der Waals surface area contributed by atoms with Crippen LogP contribution in [0.1, 0.15) is 40.3 Å². The fraction of sp³-hybridized carbons (Fsp3) is 0.316. The molecule has 9 heteroatoms. The zero-order valence-electron chi connectivity index (χ0n) is 15.8. The number of ketones is 1. The van der Waals surface area contributed by atoms with Crippen molar-refractivity contribution in [2.45, 2.75) is 32.7 Å². The van der Waals surface area contributed by atoms with E-state index in [1.54, 1.807) is 6.92 Å². The molecule has 0 aliphatic rings. The average Bonchev–Trinajstić information content (AvgIpc) is 2.98. The molecule has 1 heterocycles. The number of carbonyl (C=O) groups is 3. The molecule has 0 aliphatic heterocycles. The second-order valence-electron chi connectivity index (χ2n) is 6.62. The van der Waals surface area contributed by atoms with Gasteiger partial charge in [0.1, 0.15) is 11.5 Å². The highest BCUT2D eigenvalue weighted by atomic mass is 19.3. The topological polar surface area (TPSA) is 80.2 Å². The number of anilines is 1. The first-order valence-corrected chi connectivity index (χ1v) is 8.37. The number of carbonyl (C=O) groups excluding carboxylic acids is 3. The number of hydrogen-bond donors (Lipinski definition) is 2. The molecule has 1 unspecified atom stereocenters. The maximum atomic E-state index is 13.3. The van der Waals surface area contributed by atoms with Gasteiger partial charge in [0.15, 0.2) is 0 Å². The Labute approximate surface area is 159 Å². The van der Waals surface area contributed by atoms with Gasteiger partial charge in [-0.15, -0.1) is 0 Å². The van der Waals surface area contributed by atoms with Crippen LogP contribution in [0.5, 0.6) is 0 Å². The lowest BCUT2D eigenvalue weighted by molar-refractivity contribution is -0.120. The number of nitrogens with zero attached hydrogens (tertiary/aromatic N) is 1. The van der Waals surface area contributed by atoms with E-state index in [0.717, 1.165) is 6.92 Å². The fourth-order valence-corrected chi connectivity index (χ4v) is 2.35. The van der Waals surface area contributed by atoms with Gasteiger partial charge in [0.2, 0.25) is 0 Å². The van der Waals surface area contributed by atoms with Crippen LogP contribution in [0.4, 0.5) is 18.9 Å². The van der Waals surface area contributed by atoms with Gasteiger partial charge in [0, 0.05) is 31.4 Å². The molecular weight excluding hydrogens is 375 g/mol. The summed E-state index contributed by atoms with van der Waals surface area (Å²) in [6.45, 7) is 3.26. The van der Waals surface area contributed by atoms with Gasteiger partial charge in [0.25, 0.3) is 23.5 Å². The number of halogens is 3. The van der Waals surface area contributed by atoms with Crippen LogP contribution in [0.25, 0.3) is 0 Å². The van der Waals surface area contributed by atoms with Crippen LogP contribution in [-0.4, -0.2) is 34.1 Å². The van der Waals surface area contributed by atoms with Gasteiger partial charge in [-0.2, -0.15) is 0 Å². The van der Waals surface area contributed by atoms with Crippen molar-refractivity contribution in [2.75, 3.05) is 5.32 Å². The summed E-state index contributed by atoms with van der Waals surface area (Å²) in [5, 5.41) is 4.51. The average molecular weight is 395 g/mol. The number of rotatable bonds is 6. The second-order valence-corrected chi connectivity index (χ2v) is 6.62. The molecular formula is C19H20F3N3O3. The Balaban J connectivity index is 2.15. The Morgan fingerprint density at radius 1 is 1.18 bits per heavy atom. The maximum Gasteiger partial charge on any atom is 0.292 e. The van der Waals surface area contributed by atoms with Crippen molar-refractivity contribution in [1.29, 1.82) is 0 Å². The largest absolute Gasteiger partial charge is 0.346 e. The molecule has 1 aromatic carbocycles. The van der Waals surface area contributed by atoms with Crippen LogP contribution in [0.3, 0.4) is 0 Å². The summed E-state index contributed by atoms with van der Waals surface area (Å²) < 4.78 is 41.0. The third kappa shape index (κ3) is 4.79. The zero-order valence-corrected chi connectivity index (χ0v) is 15.8. The Bertz CT molecular complexity index is 932. The van der Waals surface area contributed by atoms with Crippen LogP contribution >= 0.6 is 0 Å². The molecule has 28 heavy (non-hydrogen) atoms. The normalized spacial score (nSPS) is 12.4. The number of Topliss-reactive ketones (excluding diaryl/α,β-unsaturated/α-hetero) is 1. The highest BCUT2D eigenvalue weighted by Crippen LogP contribution is 2.18. The standard InChI is InChI=1S/C19H20F3N3O3/c1-10-7-13(5-6-14(10)20)24-17(27)15-8-12(9-25(15)4)16(26)18(28)23-11(2)19(3,21)22/h5-9,11H,1-4H3,(H,23,28)(H,24,27). The van der Waals surface area contributed by atoms with Crippen LogP contribution in [0.2, 0.25) is 0 Å². The summed E-state index contributed by atoms with van der Waals surface area (Å²) in [5.41, 5.74) is 0.646. The first kappa shape index (κ1) is 21.2. The summed E-state index contributed by atoms with van der Waals surface area (Å²) in [6.07, 6.45) is 1.25. The lowest BCUT2D eigenvalue weighted by atomic mass is 10.1. The van der Waals surface area contributed by atoms with E-state index in [9.17, 15) is 27.6 Å². The summed E-state index contributed by atoms with van der Waals surface area (Å²) in [5.74, 6) is -6.42. The summed E-state index contributed by atoms with van der Waals surface area (Å²) >= 11 is 0. The van der Waals surface area contributed by atoms with Crippen LogP contribution < -0.4 is 10.6 Å². The molecule has 2 aromatic rings. The van der Waals surface area contributed by atoms with Crippen molar-refractivity contribution >= 4 is 23.3 Å². The number of aryl methyl sites for hydroxylation is 2. The highest BCUT2D eigenvalue weighted by Gasteiger charge is 2.33. The first-order chi connectivity index (χ1) is 12.9. The third-order valence-corrected chi connectivity index (χ3v) is 4.23. The van der Waals surface area contributed by atoms with Crippen LogP contribution in [0, 0.1) is 12.7 Å². The minimum Gasteiger partial charge on any atom is -0.346 e. The monoisotopic (exact) mass is 395 g/mol. The van der Waals surface area contributed by atoms with E-state index < -0.39 is 35.4 Å². The number of hydrogen-bond acceptors (Lipinski definition) is 3. The molecule has 1 aromatic heterocycles. The minimum atomic E-state index is -3.19. The highest BCUT2D eigenvalue weighted by molar-refractivity contribution is 6.43. The van der Waals surface area contributed by atoms with Gasteiger partial charge >= 0.3 is 0 Å². The molecule has 0 saturated carbocycles. The van der Waals surface area contributed by atoms with E-state index in [-0.39, 0.29) is 11.3 Å². The van der Waals surface area contributed by atoms with E-state index in [1.807, 2.05) is 5.32 Å². The number of amides is 2. The Kier molecular flexibility index (Phi) is 5.96. The van der Waals surface area contributed by atoms with Crippen molar-refractivity contribution in [1.82, 2.24) is 9.88 Å². The van der Waals surface area contributed by atoms with E-state index in [0.29, 0.717) is 18.2 Å². The van der Waals surface area contributed by atoms with E-state index in [4.69, 9.17) is 0 Å². The van der Waals surface area contributed by atoms with Crippen LogP contribution in [-0.2, 0) is 11.8 Å². The van der Waals surface area contributed by atoms with Gasteiger partial charge in [-0.25, -0.2) is 13.2 Å². The van der Waals surface area contributed by atoms with Gasteiger partial charge in [-0.1, -0.05) is 0 Å². The Hall–Kier alpha value is -3.10. The smallest absolute Gasteiger partial charge is 0.292 e. The Morgan fingerprint density at radius 3 is 2.39 bits per heavy atom. The molecule has 0 spiro atoms. The molecule has 1 atom stereocenters. The first-order valence-electron chi connectivity index (χ1n) is 8.37. The van der Waals surface area contributed by atoms with Crippen molar-refractivity contribution in [3.05, 3.63) is 53.1 Å². The molecule has 6 nitrogen and oxygen atoms in total. The van der Waals surface area contributed by atoms with E-state index in [2.05, 4.69) is 5.32 Å². The number of alkyl halides is 2. The SMILES string of the molecule is Cc1cc(NC(=O)c2cc(C(=O)C(=O)NC(C)C(C)(F)F)cn2C)ccc1F. The molecule has 0 fully saturated rings. The number of nitrogens with one attached hydrogen (secondary N) is 2. The summed E-state index contributed by atoms with van der Waals surface area (Å²) in [7, 11) is 1.49. The molecule has 0 bridgehead atoms. The minimum absolute atomic E-state index is 0.0620. The number of benzene rings is 1. The van der Waals surface area contributed by atoms with Crippen molar-refractivity contribution in [3.8, 4) is 0 Å². The third-order valence-electron chi connectivity index (χ3n) is 4.23. The lowest BCUT2D eigenvalue weighted by Gasteiger charge is -2.19. The predicted molar refractivity (Wildman–Crippen MR) is 97.1 cm³/mol. The summed E-state index contributed by atoms with van der Waals surface area (Å²) in [6, 6.07) is 3.69.